The van der Waals surface area contributed by atoms with Gasteiger partial charge in [0.1, 0.15) is 29.6 Å². The summed E-state index contributed by atoms with van der Waals surface area (Å²) in [6, 6.07) is 0. The zero-order chi connectivity index (χ0) is 24.3. The molecule has 8 aliphatic rings. The maximum Gasteiger partial charge on any atom is 0.320 e. The fraction of sp³-hybridized carbons (Fsp3) is 0.889. The molecule has 8 rings (SSSR count). The minimum atomic E-state index is -0.783. The lowest BCUT2D eigenvalue weighted by molar-refractivity contribution is -0.181. The molecule has 36 heavy (non-hydrogen) atoms. The number of ether oxygens (including phenoxy) is 5. The van der Waals surface area contributed by atoms with Gasteiger partial charge in [-0.15, -0.1) is 0 Å². The molecule has 196 valence electrons. The van der Waals surface area contributed by atoms with Crippen molar-refractivity contribution in [1.29, 1.82) is 0 Å². The summed E-state index contributed by atoms with van der Waals surface area (Å²) in [4.78, 5) is 41.2. The van der Waals surface area contributed by atoms with Gasteiger partial charge in [-0.2, -0.15) is 0 Å². The number of nitrogens with zero attached hydrogens (tertiary/aromatic N) is 1. The number of morpholine rings is 1. The second kappa shape index (κ2) is 7.67. The van der Waals surface area contributed by atoms with Gasteiger partial charge in [0.15, 0.2) is 12.2 Å². The second-order valence-electron chi connectivity index (χ2n) is 12.9. The van der Waals surface area contributed by atoms with E-state index in [0.717, 1.165) is 30.6 Å². The third kappa shape index (κ3) is 2.96. The maximum absolute atomic E-state index is 13.7. The van der Waals surface area contributed by atoms with E-state index in [1.165, 1.54) is 19.3 Å². The van der Waals surface area contributed by atoms with Crippen molar-refractivity contribution in [3.05, 3.63) is 0 Å². The average molecular weight is 502 g/mol. The molecule has 4 saturated carbocycles. The molecule has 0 aromatic rings. The van der Waals surface area contributed by atoms with Crippen LogP contribution in [0.1, 0.15) is 39.0 Å². The van der Waals surface area contributed by atoms with Crippen molar-refractivity contribution in [1.82, 2.24) is 4.90 Å². The van der Waals surface area contributed by atoms with E-state index in [9.17, 15) is 14.4 Å². The third-order valence-electron chi connectivity index (χ3n) is 11.3. The molecule has 0 aromatic carbocycles. The molecule has 0 spiro atoms. The highest BCUT2D eigenvalue weighted by molar-refractivity contribution is 5.87. The Labute approximate surface area is 210 Å². The molecule has 4 aliphatic carbocycles. The molecule has 6 bridgehead atoms. The van der Waals surface area contributed by atoms with E-state index in [4.69, 9.17) is 23.7 Å². The van der Waals surface area contributed by atoms with Crippen molar-refractivity contribution in [2.24, 2.45) is 47.3 Å². The molecule has 4 heterocycles. The smallest absolute Gasteiger partial charge is 0.320 e. The number of fused-ring (bicyclic) bond motifs is 10. The highest BCUT2D eigenvalue weighted by Gasteiger charge is 2.73. The number of hydrogen-bond acceptors (Lipinski definition) is 9. The van der Waals surface area contributed by atoms with E-state index in [-0.39, 0.29) is 12.5 Å². The monoisotopic (exact) mass is 501 g/mol. The average Bonchev–Trinajstić information content (AvgIpc) is 3.67. The summed E-state index contributed by atoms with van der Waals surface area (Å²) in [5, 5.41) is 0. The second-order valence-corrected chi connectivity index (χ2v) is 12.9. The van der Waals surface area contributed by atoms with Crippen molar-refractivity contribution < 1.29 is 38.1 Å². The molecule has 8 fully saturated rings. The fourth-order valence-electron chi connectivity index (χ4n) is 10.2. The summed E-state index contributed by atoms with van der Waals surface area (Å²) in [5.41, 5.74) is -0.486. The summed E-state index contributed by atoms with van der Waals surface area (Å²) >= 11 is 0. The van der Waals surface area contributed by atoms with Gasteiger partial charge in [-0.05, 0) is 68.6 Å². The Morgan fingerprint density at radius 1 is 1.03 bits per heavy atom. The predicted octanol–water partition coefficient (Wildman–Crippen LogP) is 1.17. The number of carbonyl (C=O) groups excluding carboxylic acids is 3. The van der Waals surface area contributed by atoms with E-state index in [1.807, 2.05) is 4.90 Å². The van der Waals surface area contributed by atoms with Gasteiger partial charge in [-0.1, -0.05) is 0 Å². The molecule has 9 nitrogen and oxygen atoms in total. The molecule has 0 amide bonds. The molecule has 0 N–H and O–H groups in total. The van der Waals surface area contributed by atoms with Crippen LogP contribution in [0.25, 0.3) is 0 Å². The van der Waals surface area contributed by atoms with Crippen LogP contribution >= 0.6 is 0 Å². The van der Waals surface area contributed by atoms with Gasteiger partial charge >= 0.3 is 17.9 Å². The van der Waals surface area contributed by atoms with Gasteiger partial charge in [0, 0.05) is 19.0 Å². The zero-order valence-corrected chi connectivity index (χ0v) is 20.7. The van der Waals surface area contributed by atoms with E-state index < -0.39 is 53.8 Å². The molecule has 13 atom stereocenters. The van der Waals surface area contributed by atoms with E-state index in [0.29, 0.717) is 44.1 Å². The lowest BCUT2D eigenvalue weighted by Crippen LogP contribution is -2.52. The van der Waals surface area contributed by atoms with E-state index in [2.05, 4.69) is 6.92 Å². The first kappa shape index (κ1) is 22.3. The van der Waals surface area contributed by atoms with Crippen LogP contribution in [0, 0.1) is 47.3 Å². The quantitative estimate of drug-likeness (QED) is 0.312. The van der Waals surface area contributed by atoms with Crippen molar-refractivity contribution in [3.8, 4) is 0 Å². The van der Waals surface area contributed by atoms with Gasteiger partial charge in [0.2, 0.25) is 0 Å². The molecule has 9 heteroatoms. The van der Waals surface area contributed by atoms with Gasteiger partial charge in [0.05, 0.1) is 19.8 Å². The summed E-state index contributed by atoms with van der Waals surface area (Å²) in [6.07, 6.45) is 3.49. The minimum Gasteiger partial charge on any atom is -0.459 e. The standard InChI is InChI=1S/C27H35NO8/c1-27(10-14-9-15(27)18-13-3-2-12(8-13)17(14)18)36-26(31)20-19-21-24(35-25(19)30)23(22(20)34-21)33-16(29)11-28-4-6-32-7-5-28/h12-15,17-24H,2-11H2,1H3. The Morgan fingerprint density at radius 2 is 1.81 bits per heavy atom. The highest BCUT2D eigenvalue weighted by Crippen LogP contribution is 2.70. The Hall–Kier alpha value is -1.71. The Kier molecular flexibility index (Phi) is 4.75. The predicted molar refractivity (Wildman–Crippen MR) is 121 cm³/mol. The summed E-state index contributed by atoms with van der Waals surface area (Å²) in [7, 11) is 0. The SMILES string of the molecule is CC1(OC(=O)C2C3OC4C(OC(=O)C42)C3OC(=O)CN2CCOCC2)CC2CC1C1C3CCC(C3)C21. The molecular weight excluding hydrogens is 466 g/mol. The van der Waals surface area contributed by atoms with Crippen LogP contribution in [-0.4, -0.2) is 85.7 Å². The van der Waals surface area contributed by atoms with Crippen LogP contribution in [0.5, 0.6) is 0 Å². The van der Waals surface area contributed by atoms with Gasteiger partial charge in [0.25, 0.3) is 0 Å². The topological polar surface area (TPSA) is 101 Å². The van der Waals surface area contributed by atoms with Gasteiger partial charge < -0.3 is 23.7 Å². The van der Waals surface area contributed by atoms with Crippen molar-refractivity contribution in [3.63, 3.8) is 0 Å². The van der Waals surface area contributed by atoms with Crippen molar-refractivity contribution in [2.75, 3.05) is 32.8 Å². The first-order valence-corrected chi connectivity index (χ1v) is 14.0. The fourth-order valence-corrected chi connectivity index (χ4v) is 10.2. The number of rotatable bonds is 5. The lowest BCUT2D eigenvalue weighted by Gasteiger charge is -2.44. The van der Waals surface area contributed by atoms with Crippen molar-refractivity contribution >= 4 is 17.9 Å². The Morgan fingerprint density at radius 3 is 2.61 bits per heavy atom. The number of esters is 3. The molecule has 4 aliphatic heterocycles. The first-order valence-electron chi connectivity index (χ1n) is 14.0. The van der Waals surface area contributed by atoms with E-state index in [1.54, 1.807) is 0 Å². The molecular formula is C27H35NO8. The number of carbonyl (C=O) groups is 3. The lowest BCUT2D eigenvalue weighted by atomic mass is 9.66. The third-order valence-corrected chi connectivity index (χ3v) is 11.3. The zero-order valence-electron chi connectivity index (χ0n) is 20.7. The number of hydrogen-bond donors (Lipinski definition) is 0. The first-order chi connectivity index (χ1) is 17.4. The Bertz CT molecular complexity index is 996. The minimum absolute atomic E-state index is 0.141. The molecule has 0 radical (unpaired) electrons. The molecule has 4 saturated heterocycles. The van der Waals surface area contributed by atoms with Gasteiger partial charge in [-0.25, -0.2) is 0 Å². The van der Waals surface area contributed by atoms with Crippen LogP contribution in [0.4, 0.5) is 0 Å². The van der Waals surface area contributed by atoms with Crippen LogP contribution in [-0.2, 0) is 38.1 Å². The highest BCUT2D eigenvalue weighted by atomic mass is 16.7. The summed E-state index contributed by atoms with van der Waals surface area (Å²) in [6.45, 7) is 4.77. The van der Waals surface area contributed by atoms with Crippen LogP contribution in [0.3, 0.4) is 0 Å². The largest absolute Gasteiger partial charge is 0.459 e. The molecule has 13 unspecified atom stereocenters. The summed E-state index contributed by atoms with van der Waals surface area (Å²) in [5.74, 6) is 1.59. The normalized spacial score (nSPS) is 53.6. The van der Waals surface area contributed by atoms with Crippen LogP contribution < -0.4 is 0 Å². The maximum atomic E-state index is 13.7. The van der Waals surface area contributed by atoms with Crippen LogP contribution in [0.2, 0.25) is 0 Å². The van der Waals surface area contributed by atoms with E-state index >= 15 is 0 Å². The Balaban J connectivity index is 0.984. The van der Waals surface area contributed by atoms with Crippen LogP contribution in [0.15, 0.2) is 0 Å². The van der Waals surface area contributed by atoms with Crippen molar-refractivity contribution in [2.45, 2.75) is 69.0 Å². The summed E-state index contributed by atoms with van der Waals surface area (Å²) < 4.78 is 29.2. The van der Waals surface area contributed by atoms with Gasteiger partial charge in [-0.3, -0.25) is 19.3 Å². The molecule has 0 aromatic heterocycles.